The zero-order valence-corrected chi connectivity index (χ0v) is 18.1. The highest BCUT2D eigenvalue weighted by Gasteiger charge is 2.25. The predicted octanol–water partition coefficient (Wildman–Crippen LogP) is 5.77. The minimum Gasteiger partial charge on any atom is -0.497 e. The second-order valence-electron chi connectivity index (χ2n) is 6.87. The molecule has 0 radical (unpaired) electrons. The first-order chi connectivity index (χ1) is 15.2. The van der Waals surface area contributed by atoms with Crippen molar-refractivity contribution in [3.8, 4) is 17.5 Å². The number of methoxy groups -OCH3 is 1. The third kappa shape index (κ3) is 4.56. The van der Waals surface area contributed by atoms with Crippen LogP contribution in [0.4, 0.5) is 11.4 Å². The Balaban J connectivity index is 1.85. The van der Waals surface area contributed by atoms with E-state index in [4.69, 9.17) is 4.74 Å². The standard InChI is InChI=1S/C27H22NO2P/c1-30-25-19-17-24(18-20-25)28(23-11-5-2-6-12-23)21-22-31(29,26-13-7-3-8-14-26)27-15-9-4-10-16-27/h2-20H,1H3. The molecular weight excluding hydrogens is 401 g/mol. The third-order valence-electron chi connectivity index (χ3n) is 4.90. The van der Waals surface area contributed by atoms with Gasteiger partial charge in [-0.1, -0.05) is 78.9 Å². The van der Waals surface area contributed by atoms with Gasteiger partial charge >= 0.3 is 0 Å². The summed E-state index contributed by atoms with van der Waals surface area (Å²) in [4.78, 5) is 1.86. The maximum absolute atomic E-state index is 14.3. The molecule has 0 heterocycles. The van der Waals surface area contributed by atoms with E-state index < -0.39 is 7.14 Å². The fourth-order valence-corrected chi connectivity index (χ4v) is 5.24. The van der Waals surface area contributed by atoms with Gasteiger partial charge in [0.1, 0.15) is 5.75 Å². The average molecular weight is 423 g/mol. The molecule has 0 fully saturated rings. The Hall–Kier alpha value is -3.73. The van der Waals surface area contributed by atoms with E-state index in [1.165, 1.54) is 0 Å². The van der Waals surface area contributed by atoms with E-state index in [1.807, 2.05) is 120 Å². The maximum atomic E-state index is 14.3. The molecule has 0 saturated carbocycles. The monoisotopic (exact) mass is 423 g/mol. The van der Waals surface area contributed by atoms with E-state index in [0.717, 1.165) is 27.7 Å². The molecule has 4 heteroatoms. The van der Waals surface area contributed by atoms with Crippen LogP contribution in [0.25, 0.3) is 0 Å². The predicted molar refractivity (Wildman–Crippen MR) is 129 cm³/mol. The molecule has 31 heavy (non-hydrogen) atoms. The van der Waals surface area contributed by atoms with E-state index in [1.54, 1.807) is 7.11 Å². The van der Waals surface area contributed by atoms with Crippen molar-refractivity contribution in [3.05, 3.63) is 115 Å². The van der Waals surface area contributed by atoms with E-state index in [2.05, 4.69) is 11.7 Å². The van der Waals surface area contributed by atoms with Gasteiger partial charge in [-0.15, -0.1) is 0 Å². The molecule has 0 aromatic heterocycles. The number of para-hydroxylation sites is 1. The van der Waals surface area contributed by atoms with Crippen molar-refractivity contribution in [3.63, 3.8) is 0 Å². The van der Waals surface area contributed by atoms with Crippen molar-refractivity contribution in [2.45, 2.75) is 0 Å². The average Bonchev–Trinajstić information content (AvgIpc) is 2.86. The number of rotatable bonds is 5. The molecule has 4 rings (SSSR count). The summed E-state index contributed by atoms with van der Waals surface area (Å²) in [6, 6.07) is 39.6. The van der Waals surface area contributed by atoms with Crippen LogP contribution in [0, 0.1) is 11.7 Å². The quantitative estimate of drug-likeness (QED) is 0.232. The highest BCUT2D eigenvalue weighted by Crippen LogP contribution is 2.42. The molecule has 0 saturated heterocycles. The smallest absolute Gasteiger partial charge is 0.212 e. The summed E-state index contributed by atoms with van der Waals surface area (Å²) in [5, 5.41) is 1.44. The fourth-order valence-electron chi connectivity index (χ4n) is 3.26. The summed E-state index contributed by atoms with van der Waals surface area (Å²) in [7, 11) is -1.52. The van der Waals surface area contributed by atoms with Gasteiger partial charge < -0.3 is 4.74 Å². The Morgan fingerprint density at radius 1 is 0.645 bits per heavy atom. The topological polar surface area (TPSA) is 29.5 Å². The van der Waals surface area contributed by atoms with Gasteiger partial charge in [0.2, 0.25) is 7.14 Å². The van der Waals surface area contributed by atoms with Crippen molar-refractivity contribution in [2.75, 3.05) is 12.0 Å². The molecule has 3 nitrogen and oxygen atoms in total. The minimum absolute atomic E-state index is 0.719. The lowest BCUT2D eigenvalue weighted by molar-refractivity contribution is 0.415. The van der Waals surface area contributed by atoms with Gasteiger partial charge in [-0.2, -0.15) is 0 Å². The minimum atomic E-state index is -3.16. The van der Waals surface area contributed by atoms with E-state index in [-0.39, 0.29) is 0 Å². The molecule has 0 aliphatic rings. The van der Waals surface area contributed by atoms with Crippen molar-refractivity contribution < 1.29 is 9.30 Å². The third-order valence-corrected chi connectivity index (χ3v) is 7.37. The second kappa shape index (κ2) is 9.39. The van der Waals surface area contributed by atoms with Gasteiger partial charge in [0.25, 0.3) is 0 Å². The Labute approximate surface area is 183 Å². The highest BCUT2D eigenvalue weighted by molar-refractivity contribution is 7.83. The fraction of sp³-hybridized carbons (Fsp3) is 0.0370. The number of ether oxygens (including phenoxy) is 1. The summed E-state index contributed by atoms with van der Waals surface area (Å²) in [5.41, 5.74) is 4.92. The Bertz CT molecular complexity index is 1190. The van der Waals surface area contributed by atoms with Crippen LogP contribution in [-0.2, 0) is 4.57 Å². The lowest BCUT2D eigenvalue weighted by atomic mass is 10.2. The van der Waals surface area contributed by atoms with Gasteiger partial charge in [0.15, 0.2) is 0 Å². The van der Waals surface area contributed by atoms with Crippen molar-refractivity contribution in [2.24, 2.45) is 0 Å². The largest absolute Gasteiger partial charge is 0.497 e. The summed E-state index contributed by atoms with van der Waals surface area (Å²) in [6.45, 7) is 0. The summed E-state index contributed by atoms with van der Waals surface area (Å²) >= 11 is 0. The van der Waals surface area contributed by atoms with E-state index in [0.29, 0.717) is 0 Å². The molecule has 0 aliphatic carbocycles. The van der Waals surface area contributed by atoms with Gasteiger partial charge in [0.05, 0.1) is 18.5 Å². The number of nitrogens with zero attached hydrogens (tertiary/aromatic N) is 1. The van der Waals surface area contributed by atoms with Gasteiger partial charge in [-0.25, -0.2) is 0 Å². The first kappa shape index (κ1) is 20.5. The number of hydrogen-bond donors (Lipinski definition) is 0. The Kier molecular flexibility index (Phi) is 6.22. The van der Waals surface area contributed by atoms with Crippen LogP contribution in [0.3, 0.4) is 0 Å². The highest BCUT2D eigenvalue weighted by atomic mass is 31.2. The number of hydrogen-bond acceptors (Lipinski definition) is 3. The van der Waals surface area contributed by atoms with Crippen LogP contribution in [0.2, 0.25) is 0 Å². The molecule has 0 atom stereocenters. The molecule has 4 aromatic carbocycles. The molecule has 0 N–H and O–H groups in total. The zero-order valence-electron chi connectivity index (χ0n) is 17.2. The number of anilines is 2. The lowest BCUT2D eigenvalue weighted by Gasteiger charge is -2.19. The molecule has 0 spiro atoms. The first-order valence-corrected chi connectivity index (χ1v) is 11.6. The van der Waals surface area contributed by atoms with Crippen LogP contribution in [0.5, 0.6) is 5.75 Å². The van der Waals surface area contributed by atoms with Gasteiger partial charge in [-0.3, -0.25) is 9.46 Å². The Morgan fingerprint density at radius 3 is 1.58 bits per heavy atom. The molecule has 0 aliphatic heterocycles. The van der Waals surface area contributed by atoms with Crippen LogP contribution < -0.4 is 20.2 Å². The van der Waals surface area contributed by atoms with Crippen molar-refractivity contribution >= 4 is 29.1 Å². The van der Waals surface area contributed by atoms with Crippen LogP contribution in [0.15, 0.2) is 115 Å². The molecule has 0 unspecified atom stereocenters. The second-order valence-corrected chi connectivity index (χ2v) is 9.35. The molecule has 0 amide bonds. The SMILES string of the molecule is COc1ccc(N(C#CP(=O)(c2ccccc2)c2ccccc2)c2ccccc2)cc1. The summed E-state index contributed by atoms with van der Waals surface area (Å²) in [5.74, 6) is 0.768. The van der Waals surface area contributed by atoms with Gasteiger partial charge in [-0.05, 0) is 42.1 Å². The first-order valence-electron chi connectivity index (χ1n) is 9.94. The zero-order chi connectivity index (χ0) is 21.5. The summed E-state index contributed by atoms with van der Waals surface area (Å²) in [6.07, 6.45) is 0. The molecular formula is C27H22NO2P. The molecule has 0 bridgehead atoms. The van der Waals surface area contributed by atoms with Crippen LogP contribution in [-0.4, -0.2) is 7.11 Å². The van der Waals surface area contributed by atoms with Crippen molar-refractivity contribution in [1.29, 1.82) is 0 Å². The maximum Gasteiger partial charge on any atom is 0.212 e. The molecule has 152 valence electrons. The lowest BCUT2D eigenvalue weighted by Crippen LogP contribution is -2.16. The van der Waals surface area contributed by atoms with Gasteiger partial charge in [0, 0.05) is 16.7 Å². The number of benzene rings is 4. The van der Waals surface area contributed by atoms with E-state index >= 15 is 0 Å². The Morgan fingerprint density at radius 2 is 1.10 bits per heavy atom. The van der Waals surface area contributed by atoms with E-state index in [9.17, 15) is 4.57 Å². The molecule has 4 aromatic rings. The normalized spacial score (nSPS) is 10.6. The van der Waals surface area contributed by atoms with Crippen LogP contribution in [0.1, 0.15) is 0 Å². The van der Waals surface area contributed by atoms with Crippen molar-refractivity contribution in [1.82, 2.24) is 0 Å². The van der Waals surface area contributed by atoms with Crippen LogP contribution >= 0.6 is 7.14 Å². The summed E-state index contributed by atoms with van der Waals surface area (Å²) < 4.78 is 19.5.